The van der Waals surface area contributed by atoms with Crippen molar-refractivity contribution in [3.05, 3.63) is 12.2 Å². The van der Waals surface area contributed by atoms with E-state index < -0.39 is 30.1 Å². The van der Waals surface area contributed by atoms with Gasteiger partial charge in [-0.2, -0.15) is 0 Å². The number of hydrogen-bond donors (Lipinski definition) is 0. The minimum Gasteiger partial charge on any atom is -0.454 e. The number of fused-ring (bicyclic) bond motifs is 1. The van der Waals surface area contributed by atoms with Gasteiger partial charge in [0, 0.05) is 7.11 Å². The van der Waals surface area contributed by atoms with Crippen molar-refractivity contribution in [2.24, 2.45) is 5.41 Å². The van der Waals surface area contributed by atoms with Crippen LogP contribution in [0.4, 0.5) is 0 Å². The van der Waals surface area contributed by atoms with Gasteiger partial charge in [0.05, 0.1) is 0 Å². The molecule has 2 fully saturated rings. The van der Waals surface area contributed by atoms with Crippen molar-refractivity contribution in [2.45, 2.75) is 64.8 Å². The maximum atomic E-state index is 11.8. The first-order valence-electron chi connectivity index (χ1n) is 6.91. The number of carbonyl (C=O) groups is 1. The Balaban J connectivity index is 2.24. The molecule has 2 saturated heterocycles. The largest absolute Gasteiger partial charge is 0.454 e. The Bertz CT molecular complexity index is 407. The normalized spacial score (nSPS) is 37.0. The molecule has 20 heavy (non-hydrogen) atoms. The van der Waals surface area contributed by atoms with Crippen LogP contribution < -0.4 is 0 Å². The fraction of sp³-hybridized carbons (Fsp3) is 0.800. The molecule has 4 atom stereocenters. The molecule has 5 heteroatoms. The van der Waals surface area contributed by atoms with E-state index in [0.29, 0.717) is 0 Å². The summed E-state index contributed by atoms with van der Waals surface area (Å²) < 4.78 is 22.3. The maximum Gasteiger partial charge on any atom is 0.338 e. The lowest BCUT2D eigenvalue weighted by molar-refractivity contribution is -0.318. The summed E-state index contributed by atoms with van der Waals surface area (Å²) in [5.41, 5.74) is 0.0323. The van der Waals surface area contributed by atoms with Crippen LogP contribution in [-0.4, -0.2) is 43.3 Å². The Morgan fingerprint density at radius 2 is 1.85 bits per heavy atom. The molecule has 2 unspecified atom stereocenters. The van der Waals surface area contributed by atoms with Crippen LogP contribution >= 0.6 is 0 Å². The first-order chi connectivity index (χ1) is 9.13. The summed E-state index contributed by atoms with van der Waals surface area (Å²) in [7, 11) is 1.49. The highest BCUT2D eigenvalue weighted by atomic mass is 16.8. The van der Waals surface area contributed by atoms with Gasteiger partial charge in [-0.15, -0.1) is 0 Å². The number of carbonyl (C=O) groups excluding carboxylic acids is 1. The van der Waals surface area contributed by atoms with E-state index in [4.69, 9.17) is 18.9 Å². The van der Waals surface area contributed by atoms with Crippen molar-refractivity contribution in [3.8, 4) is 0 Å². The highest BCUT2D eigenvalue weighted by Crippen LogP contribution is 2.36. The fourth-order valence-corrected chi connectivity index (χ4v) is 2.47. The van der Waals surface area contributed by atoms with E-state index in [2.05, 4.69) is 26.8 Å². The quantitative estimate of drug-likeness (QED) is 0.574. The lowest BCUT2D eigenvalue weighted by Gasteiger charge is -2.41. The zero-order valence-electron chi connectivity index (χ0n) is 13.0. The first-order valence-corrected chi connectivity index (χ1v) is 6.91. The van der Waals surface area contributed by atoms with Crippen LogP contribution in [0, 0.1) is 5.41 Å². The summed E-state index contributed by atoms with van der Waals surface area (Å²) in [6.07, 6.45) is 2.10. The van der Waals surface area contributed by atoms with Crippen LogP contribution in [0.2, 0.25) is 0 Å². The van der Waals surface area contributed by atoms with Gasteiger partial charge in [0.2, 0.25) is 0 Å². The molecule has 0 aromatic carbocycles. The molecule has 0 aliphatic carbocycles. The van der Waals surface area contributed by atoms with Crippen molar-refractivity contribution >= 4 is 5.97 Å². The minimum atomic E-state index is -0.779. The molecule has 114 valence electrons. The molecular formula is C15H24O5. The fourth-order valence-electron chi connectivity index (χ4n) is 2.47. The average Bonchev–Trinajstić information content (AvgIpc) is 2.59. The number of methoxy groups -OCH3 is 1. The van der Waals surface area contributed by atoms with Gasteiger partial charge in [-0.05, 0) is 19.3 Å². The molecule has 5 nitrogen and oxygen atoms in total. The minimum absolute atomic E-state index is 0.0323. The zero-order chi connectivity index (χ0) is 15.1. The van der Waals surface area contributed by atoms with Crippen LogP contribution in [0.15, 0.2) is 12.2 Å². The van der Waals surface area contributed by atoms with Crippen LogP contribution in [0.3, 0.4) is 0 Å². The molecule has 0 aromatic rings. The van der Waals surface area contributed by atoms with E-state index >= 15 is 0 Å². The predicted octanol–water partition coefficient (Wildman–Crippen LogP) is 2.05. The Hall–Kier alpha value is -0.910. The van der Waals surface area contributed by atoms with Crippen molar-refractivity contribution in [1.82, 2.24) is 0 Å². The van der Waals surface area contributed by atoms with Gasteiger partial charge >= 0.3 is 5.97 Å². The number of hydrogen-bond acceptors (Lipinski definition) is 5. The molecule has 2 heterocycles. The smallest absolute Gasteiger partial charge is 0.338 e. The summed E-state index contributed by atoms with van der Waals surface area (Å²) in [4.78, 5) is 11.8. The molecule has 0 amide bonds. The van der Waals surface area contributed by atoms with Crippen LogP contribution in [0.25, 0.3) is 0 Å². The van der Waals surface area contributed by atoms with Gasteiger partial charge in [0.1, 0.15) is 12.2 Å². The SMILES string of the molecule is COC1C(=O)O[C@H]2C1OC(C)(C)O[C@@H]2/C=C/C(C)(C)C. The molecule has 2 aliphatic heterocycles. The van der Waals surface area contributed by atoms with Crippen molar-refractivity contribution in [3.63, 3.8) is 0 Å². The molecular weight excluding hydrogens is 260 g/mol. The van der Waals surface area contributed by atoms with E-state index in [-0.39, 0.29) is 11.5 Å². The van der Waals surface area contributed by atoms with Crippen LogP contribution in [-0.2, 0) is 23.7 Å². The van der Waals surface area contributed by atoms with Gasteiger partial charge in [0.25, 0.3) is 0 Å². The molecule has 0 radical (unpaired) electrons. The molecule has 0 saturated carbocycles. The third kappa shape index (κ3) is 3.22. The van der Waals surface area contributed by atoms with E-state index in [1.165, 1.54) is 7.11 Å². The molecule has 2 rings (SSSR count). The van der Waals surface area contributed by atoms with Crippen molar-refractivity contribution in [1.29, 1.82) is 0 Å². The van der Waals surface area contributed by atoms with E-state index in [0.717, 1.165) is 0 Å². The number of esters is 1. The Labute approximate surface area is 120 Å². The van der Waals surface area contributed by atoms with E-state index in [1.54, 1.807) is 0 Å². The maximum absolute atomic E-state index is 11.8. The average molecular weight is 284 g/mol. The topological polar surface area (TPSA) is 54.0 Å². The second-order valence-corrected chi connectivity index (χ2v) is 6.85. The van der Waals surface area contributed by atoms with Gasteiger partial charge in [-0.25, -0.2) is 4.79 Å². The van der Waals surface area contributed by atoms with Gasteiger partial charge in [0.15, 0.2) is 18.0 Å². The van der Waals surface area contributed by atoms with Gasteiger partial charge in [-0.3, -0.25) is 0 Å². The zero-order valence-corrected chi connectivity index (χ0v) is 13.0. The molecule has 0 N–H and O–H groups in total. The molecule has 2 aliphatic rings. The second kappa shape index (κ2) is 5.13. The van der Waals surface area contributed by atoms with Crippen LogP contribution in [0.1, 0.15) is 34.6 Å². The molecule has 0 aromatic heterocycles. The van der Waals surface area contributed by atoms with Gasteiger partial charge in [-0.1, -0.05) is 32.9 Å². The number of ether oxygens (including phenoxy) is 4. The summed E-state index contributed by atoms with van der Waals surface area (Å²) in [6.45, 7) is 9.96. The Kier molecular flexibility index (Phi) is 3.97. The first kappa shape index (κ1) is 15.5. The lowest BCUT2D eigenvalue weighted by Crippen LogP contribution is -2.54. The van der Waals surface area contributed by atoms with E-state index in [9.17, 15) is 4.79 Å². The Morgan fingerprint density at radius 3 is 2.40 bits per heavy atom. The van der Waals surface area contributed by atoms with Crippen LogP contribution in [0.5, 0.6) is 0 Å². The lowest BCUT2D eigenvalue weighted by atomic mass is 9.94. The summed E-state index contributed by atoms with van der Waals surface area (Å²) >= 11 is 0. The number of allylic oxidation sites excluding steroid dienone is 1. The molecule has 0 bridgehead atoms. The number of rotatable bonds is 2. The highest BCUT2D eigenvalue weighted by Gasteiger charge is 2.55. The third-order valence-corrected chi connectivity index (χ3v) is 3.31. The summed E-state index contributed by atoms with van der Waals surface area (Å²) in [5, 5.41) is 0. The highest BCUT2D eigenvalue weighted by molar-refractivity contribution is 5.78. The monoisotopic (exact) mass is 284 g/mol. The van der Waals surface area contributed by atoms with Crippen molar-refractivity contribution < 1.29 is 23.7 Å². The van der Waals surface area contributed by atoms with Gasteiger partial charge < -0.3 is 18.9 Å². The summed E-state index contributed by atoms with van der Waals surface area (Å²) in [6, 6.07) is 0. The standard InChI is InChI=1S/C15H24O5/c1-14(2,3)8-7-9-10-11(20-15(4,5)19-9)12(17-6)13(16)18-10/h7-12H,1-6H3/b8-7+/t9-,10-,11?,12?/m1/s1. The Morgan fingerprint density at radius 1 is 1.20 bits per heavy atom. The predicted molar refractivity (Wildman–Crippen MR) is 73.1 cm³/mol. The second-order valence-electron chi connectivity index (χ2n) is 6.85. The van der Waals surface area contributed by atoms with Crippen molar-refractivity contribution in [2.75, 3.05) is 7.11 Å². The van der Waals surface area contributed by atoms with E-state index in [1.807, 2.05) is 19.9 Å². The molecule has 0 spiro atoms. The summed E-state index contributed by atoms with van der Waals surface area (Å²) in [5.74, 6) is -1.17. The third-order valence-electron chi connectivity index (χ3n) is 3.31.